The van der Waals surface area contributed by atoms with Gasteiger partial charge in [0.05, 0.1) is 0 Å². The number of likely N-dealkylation sites (tertiary alicyclic amines) is 1. The molecule has 1 unspecified atom stereocenters. The van der Waals surface area contributed by atoms with Crippen LogP contribution in [0.2, 0.25) is 0 Å². The zero-order valence-electron chi connectivity index (χ0n) is 13.6. The second-order valence-electron chi connectivity index (χ2n) is 6.08. The zero-order chi connectivity index (χ0) is 14.9. The summed E-state index contributed by atoms with van der Waals surface area (Å²) < 4.78 is 5.78. The number of benzene rings is 1. The van der Waals surface area contributed by atoms with Gasteiger partial charge >= 0.3 is 0 Å². The lowest BCUT2D eigenvalue weighted by molar-refractivity contribution is 0.140. The summed E-state index contributed by atoms with van der Waals surface area (Å²) in [5.74, 6) is 1.81. The fourth-order valence-corrected chi connectivity index (χ4v) is 3.02. The quantitative estimate of drug-likeness (QED) is 0.796. The van der Waals surface area contributed by atoms with Gasteiger partial charge in [-0.05, 0) is 63.9 Å². The predicted molar refractivity (Wildman–Crippen MR) is 88.9 cm³/mol. The van der Waals surface area contributed by atoms with Gasteiger partial charge in [-0.15, -0.1) is 0 Å². The molecule has 3 nitrogen and oxygen atoms in total. The molecule has 1 atom stereocenters. The summed E-state index contributed by atoms with van der Waals surface area (Å²) in [7, 11) is 0. The van der Waals surface area contributed by atoms with Crippen LogP contribution in [0.25, 0.3) is 0 Å². The van der Waals surface area contributed by atoms with Crippen LogP contribution in [0.4, 0.5) is 0 Å². The van der Waals surface area contributed by atoms with Gasteiger partial charge in [0, 0.05) is 12.6 Å². The summed E-state index contributed by atoms with van der Waals surface area (Å²) in [6, 6.07) is 10.8. The molecule has 0 spiro atoms. The van der Waals surface area contributed by atoms with E-state index in [1.54, 1.807) is 0 Å². The van der Waals surface area contributed by atoms with Gasteiger partial charge in [0.15, 0.2) is 0 Å². The maximum absolute atomic E-state index is 5.78. The highest BCUT2D eigenvalue weighted by Crippen LogP contribution is 2.20. The molecule has 0 aromatic heterocycles. The van der Waals surface area contributed by atoms with Crippen molar-refractivity contribution >= 4 is 0 Å². The molecule has 1 aromatic rings. The van der Waals surface area contributed by atoms with Crippen molar-refractivity contribution in [3.8, 4) is 5.75 Å². The number of hydrogen-bond donors (Lipinski definition) is 1. The van der Waals surface area contributed by atoms with Crippen LogP contribution in [0.5, 0.6) is 5.75 Å². The van der Waals surface area contributed by atoms with E-state index in [1.807, 2.05) is 30.3 Å². The van der Waals surface area contributed by atoms with Crippen LogP contribution in [0.15, 0.2) is 30.3 Å². The molecule has 1 saturated heterocycles. The normalized spacial score (nSPS) is 18.6. The third-order valence-corrected chi connectivity index (χ3v) is 4.48. The first kappa shape index (κ1) is 16.3. The average Bonchev–Trinajstić information content (AvgIpc) is 2.54. The number of para-hydroxylation sites is 1. The Labute approximate surface area is 129 Å². The molecule has 0 saturated carbocycles. The van der Waals surface area contributed by atoms with Gasteiger partial charge in [0.25, 0.3) is 0 Å². The van der Waals surface area contributed by atoms with E-state index in [0.29, 0.717) is 6.04 Å². The largest absolute Gasteiger partial charge is 0.492 e. The monoisotopic (exact) mass is 290 g/mol. The molecule has 0 amide bonds. The van der Waals surface area contributed by atoms with Crippen LogP contribution in [-0.4, -0.2) is 43.7 Å². The molecule has 21 heavy (non-hydrogen) atoms. The third-order valence-electron chi connectivity index (χ3n) is 4.48. The van der Waals surface area contributed by atoms with E-state index >= 15 is 0 Å². The van der Waals surface area contributed by atoms with Crippen LogP contribution in [0.3, 0.4) is 0 Å². The van der Waals surface area contributed by atoms with Crippen molar-refractivity contribution in [2.45, 2.75) is 39.2 Å². The molecule has 0 radical (unpaired) electrons. The minimum absolute atomic E-state index is 0.660. The maximum atomic E-state index is 5.78. The molecule has 1 heterocycles. The Bertz CT molecular complexity index is 374. The first-order valence-electron chi connectivity index (χ1n) is 8.43. The smallest absolute Gasteiger partial charge is 0.119 e. The first-order chi connectivity index (χ1) is 10.3. The fourth-order valence-electron chi connectivity index (χ4n) is 3.02. The maximum Gasteiger partial charge on any atom is 0.119 e. The highest BCUT2D eigenvalue weighted by Gasteiger charge is 2.23. The Morgan fingerprint density at radius 2 is 1.95 bits per heavy atom. The van der Waals surface area contributed by atoms with E-state index in [-0.39, 0.29) is 0 Å². The molecule has 2 rings (SSSR count). The van der Waals surface area contributed by atoms with Crippen molar-refractivity contribution < 1.29 is 4.74 Å². The van der Waals surface area contributed by atoms with Gasteiger partial charge in [-0.25, -0.2) is 0 Å². The summed E-state index contributed by atoms with van der Waals surface area (Å²) in [6.45, 7) is 9.97. The molecule has 1 fully saturated rings. The van der Waals surface area contributed by atoms with Crippen LogP contribution in [0, 0.1) is 5.92 Å². The van der Waals surface area contributed by atoms with Crippen molar-refractivity contribution in [2.24, 2.45) is 5.92 Å². The van der Waals surface area contributed by atoms with E-state index < -0.39 is 0 Å². The molecule has 3 heteroatoms. The minimum Gasteiger partial charge on any atom is -0.492 e. The molecule has 0 bridgehead atoms. The van der Waals surface area contributed by atoms with E-state index in [9.17, 15) is 0 Å². The third kappa shape index (κ3) is 5.68. The van der Waals surface area contributed by atoms with Crippen LogP contribution in [-0.2, 0) is 0 Å². The minimum atomic E-state index is 0.660. The van der Waals surface area contributed by atoms with Crippen molar-refractivity contribution in [2.75, 3.05) is 32.8 Å². The Hall–Kier alpha value is -1.06. The predicted octanol–water partition coefficient (Wildman–Crippen LogP) is 3.17. The van der Waals surface area contributed by atoms with Gasteiger partial charge in [0.1, 0.15) is 12.4 Å². The second-order valence-corrected chi connectivity index (χ2v) is 6.08. The molecular formula is C18H30N2O. The zero-order valence-corrected chi connectivity index (χ0v) is 13.6. The van der Waals surface area contributed by atoms with Gasteiger partial charge < -0.3 is 10.1 Å². The number of nitrogens with zero attached hydrogens (tertiary/aromatic N) is 1. The Balaban J connectivity index is 1.60. The SMILES string of the molecule is CCCNC(C)C1CCN(CCOc2ccccc2)CC1. The molecule has 118 valence electrons. The lowest BCUT2D eigenvalue weighted by atomic mass is 9.90. The van der Waals surface area contributed by atoms with Crippen molar-refractivity contribution in [1.29, 1.82) is 0 Å². The van der Waals surface area contributed by atoms with E-state index in [4.69, 9.17) is 4.74 Å². The summed E-state index contributed by atoms with van der Waals surface area (Å²) in [4.78, 5) is 2.53. The summed E-state index contributed by atoms with van der Waals surface area (Å²) >= 11 is 0. The van der Waals surface area contributed by atoms with Gasteiger partial charge in [-0.1, -0.05) is 25.1 Å². The lowest BCUT2D eigenvalue weighted by Gasteiger charge is -2.35. The number of nitrogens with one attached hydrogen (secondary N) is 1. The van der Waals surface area contributed by atoms with Crippen LogP contribution < -0.4 is 10.1 Å². The van der Waals surface area contributed by atoms with E-state index in [1.165, 1.54) is 32.4 Å². The van der Waals surface area contributed by atoms with Gasteiger partial charge in [-0.3, -0.25) is 4.90 Å². The van der Waals surface area contributed by atoms with Gasteiger partial charge in [0.2, 0.25) is 0 Å². The Kier molecular flexibility index (Phi) is 7.04. The van der Waals surface area contributed by atoms with Crippen LogP contribution in [0.1, 0.15) is 33.1 Å². The highest BCUT2D eigenvalue weighted by molar-refractivity contribution is 5.20. The summed E-state index contributed by atoms with van der Waals surface area (Å²) in [5.41, 5.74) is 0. The number of piperidine rings is 1. The highest BCUT2D eigenvalue weighted by atomic mass is 16.5. The first-order valence-corrected chi connectivity index (χ1v) is 8.43. The van der Waals surface area contributed by atoms with E-state index in [2.05, 4.69) is 24.1 Å². The number of hydrogen-bond acceptors (Lipinski definition) is 3. The topological polar surface area (TPSA) is 24.5 Å². The standard InChI is InChI=1S/C18H30N2O/c1-3-11-19-16(2)17-9-12-20(13-10-17)14-15-21-18-7-5-4-6-8-18/h4-8,16-17,19H,3,9-15H2,1-2H3. The van der Waals surface area contributed by atoms with Crippen molar-refractivity contribution in [3.63, 3.8) is 0 Å². The molecule has 1 aromatic carbocycles. The summed E-state index contributed by atoms with van der Waals surface area (Å²) in [5, 5.41) is 3.64. The van der Waals surface area contributed by atoms with Crippen molar-refractivity contribution in [3.05, 3.63) is 30.3 Å². The average molecular weight is 290 g/mol. The molecule has 1 aliphatic heterocycles. The van der Waals surface area contributed by atoms with E-state index in [0.717, 1.165) is 31.4 Å². The van der Waals surface area contributed by atoms with Crippen molar-refractivity contribution in [1.82, 2.24) is 10.2 Å². The fraction of sp³-hybridized carbons (Fsp3) is 0.667. The summed E-state index contributed by atoms with van der Waals surface area (Å²) in [6.07, 6.45) is 3.84. The van der Waals surface area contributed by atoms with Gasteiger partial charge in [-0.2, -0.15) is 0 Å². The Morgan fingerprint density at radius 3 is 2.62 bits per heavy atom. The molecule has 1 N–H and O–H groups in total. The molecular weight excluding hydrogens is 260 g/mol. The Morgan fingerprint density at radius 1 is 1.24 bits per heavy atom. The second kappa shape index (κ2) is 9.06. The number of rotatable bonds is 8. The molecule has 1 aliphatic rings. The number of ether oxygens (including phenoxy) is 1. The molecule has 0 aliphatic carbocycles. The van der Waals surface area contributed by atoms with Crippen LogP contribution >= 0.6 is 0 Å². The lowest BCUT2D eigenvalue weighted by Crippen LogP contribution is -2.43.